The van der Waals surface area contributed by atoms with Crippen LogP contribution in [0.4, 0.5) is 4.79 Å². The number of piperidine rings is 1. The molecule has 31 heavy (non-hydrogen) atoms. The van der Waals surface area contributed by atoms with E-state index in [1.807, 2.05) is 51.1 Å². The highest BCUT2D eigenvalue weighted by Gasteiger charge is 2.68. The van der Waals surface area contributed by atoms with E-state index in [1.165, 1.54) is 4.90 Å². The Labute approximate surface area is 181 Å². The lowest BCUT2D eigenvalue weighted by atomic mass is 9.89. The van der Waals surface area contributed by atoms with Crippen LogP contribution in [0.5, 0.6) is 0 Å². The van der Waals surface area contributed by atoms with Gasteiger partial charge in [0.05, 0.1) is 17.2 Å². The molecule has 1 saturated heterocycles. The number of imide groups is 1. The number of nitrogens with zero attached hydrogens (tertiary/aromatic N) is 2. The van der Waals surface area contributed by atoms with Crippen molar-refractivity contribution >= 4 is 17.9 Å². The Morgan fingerprint density at radius 1 is 1.00 bits per heavy atom. The molecular weight excluding hydrogens is 392 g/mol. The van der Waals surface area contributed by atoms with Crippen molar-refractivity contribution in [3.05, 3.63) is 71.3 Å². The predicted molar refractivity (Wildman–Crippen MR) is 114 cm³/mol. The SMILES string of the molecule is CC(C)(C)OC(=O)N1CC2CC2(CN2C(=O)c3ccccc3C2=O)C1c1ccccc1. The molecule has 2 aromatic rings. The van der Waals surface area contributed by atoms with Crippen molar-refractivity contribution in [1.82, 2.24) is 9.80 Å². The molecule has 3 atom stereocenters. The summed E-state index contributed by atoms with van der Waals surface area (Å²) in [6.07, 6.45) is 0.523. The van der Waals surface area contributed by atoms with Gasteiger partial charge in [-0.3, -0.25) is 14.5 Å². The largest absolute Gasteiger partial charge is 0.444 e. The second kappa shape index (κ2) is 6.67. The lowest BCUT2D eigenvalue weighted by Gasteiger charge is -2.35. The molecule has 0 N–H and O–H groups in total. The number of ether oxygens (including phenoxy) is 1. The summed E-state index contributed by atoms with van der Waals surface area (Å²) in [5, 5.41) is 0. The number of benzene rings is 2. The molecule has 2 aliphatic heterocycles. The maximum Gasteiger partial charge on any atom is 0.410 e. The van der Waals surface area contributed by atoms with Gasteiger partial charge in [-0.25, -0.2) is 4.79 Å². The van der Waals surface area contributed by atoms with Gasteiger partial charge in [-0.1, -0.05) is 42.5 Å². The molecular formula is C25H26N2O4. The second-order valence-corrected chi connectivity index (χ2v) is 9.82. The van der Waals surface area contributed by atoms with Crippen molar-refractivity contribution in [1.29, 1.82) is 0 Å². The lowest BCUT2D eigenvalue weighted by molar-refractivity contribution is 0.0146. The van der Waals surface area contributed by atoms with Crippen molar-refractivity contribution in [2.75, 3.05) is 13.1 Å². The molecule has 3 amide bonds. The smallest absolute Gasteiger partial charge is 0.410 e. The van der Waals surface area contributed by atoms with E-state index in [0.717, 1.165) is 12.0 Å². The fourth-order valence-electron chi connectivity index (χ4n) is 5.24. The summed E-state index contributed by atoms with van der Waals surface area (Å²) in [4.78, 5) is 42.2. The summed E-state index contributed by atoms with van der Waals surface area (Å²) >= 11 is 0. The van der Waals surface area contributed by atoms with Crippen LogP contribution in [-0.4, -0.2) is 46.4 Å². The van der Waals surface area contributed by atoms with E-state index in [4.69, 9.17) is 4.74 Å². The summed E-state index contributed by atoms with van der Waals surface area (Å²) in [6, 6.07) is 16.6. The zero-order valence-electron chi connectivity index (χ0n) is 18.0. The summed E-state index contributed by atoms with van der Waals surface area (Å²) < 4.78 is 5.69. The predicted octanol–water partition coefficient (Wildman–Crippen LogP) is 4.28. The zero-order chi connectivity index (χ0) is 22.0. The molecule has 3 aliphatic rings. The quantitative estimate of drug-likeness (QED) is 0.698. The van der Waals surface area contributed by atoms with Crippen molar-refractivity contribution in [2.45, 2.75) is 38.8 Å². The number of carbonyl (C=O) groups excluding carboxylic acids is 3. The van der Waals surface area contributed by atoms with Gasteiger partial charge >= 0.3 is 6.09 Å². The van der Waals surface area contributed by atoms with Gasteiger partial charge in [0.25, 0.3) is 11.8 Å². The molecule has 2 fully saturated rings. The third kappa shape index (κ3) is 3.12. The highest BCUT2D eigenvalue weighted by atomic mass is 16.6. The van der Waals surface area contributed by atoms with Crippen LogP contribution in [0.15, 0.2) is 54.6 Å². The molecule has 0 bridgehead atoms. The van der Waals surface area contributed by atoms with Gasteiger partial charge in [0.1, 0.15) is 5.60 Å². The van der Waals surface area contributed by atoms with Gasteiger partial charge in [-0.2, -0.15) is 0 Å². The van der Waals surface area contributed by atoms with Crippen molar-refractivity contribution < 1.29 is 19.1 Å². The first-order valence-corrected chi connectivity index (χ1v) is 10.7. The van der Waals surface area contributed by atoms with Crippen LogP contribution in [0.1, 0.15) is 59.5 Å². The minimum atomic E-state index is -0.596. The van der Waals surface area contributed by atoms with Crippen LogP contribution in [0.3, 0.4) is 0 Å². The van der Waals surface area contributed by atoms with Crippen LogP contribution >= 0.6 is 0 Å². The maximum atomic E-state index is 13.1. The van der Waals surface area contributed by atoms with Gasteiger partial charge in [0, 0.05) is 18.5 Å². The van der Waals surface area contributed by atoms with Gasteiger partial charge in [0.15, 0.2) is 0 Å². The Kier molecular flexibility index (Phi) is 4.26. The minimum absolute atomic E-state index is 0.231. The first kappa shape index (κ1) is 19.8. The topological polar surface area (TPSA) is 66.9 Å². The molecule has 2 heterocycles. The lowest BCUT2D eigenvalue weighted by Crippen LogP contribution is -2.43. The summed E-state index contributed by atoms with van der Waals surface area (Å²) in [7, 11) is 0. The highest BCUT2D eigenvalue weighted by Crippen LogP contribution is 2.68. The van der Waals surface area contributed by atoms with Crippen LogP contribution < -0.4 is 0 Å². The van der Waals surface area contributed by atoms with Gasteiger partial charge in [-0.05, 0) is 50.8 Å². The average Bonchev–Trinajstić information content (AvgIpc) is 3.25. The molecule has 1 saturated carbocycles. The van der Waals surface area contributed by atoms with E-state index in [0.29, 0.717) is 24.2 Å². The number of carbonyl (C=O) groups is 3. The van der Waals surface area contributed by atoms with Crippen LogP contribution in [0, 0.1) is 11.3 Å². The first-order chi connectivity index (χ1) is 14.7. The van der Waals surface area contributed by atoms with Crippen molar-refractivity contribution in [3.8, 4) is 0 Å². The Morgan fingerprint density at radius 3 is 2.16 bits per heavy atom. The van der Waals surface area contributed by atoms with E-state index < -0.39 is 5.60 Å². The fraction of sp³-hybridized carbons (Fsp3) is 0.400. The number of amides is 3. The number of fused-ring (bicyclic) bond motifs is 2. The molecule has 0 spiro atoms. The fourth-order valence-corrected chi connectivity index (χ4v) is 5.24. The normalized spacial score (nSPS) is 26.7. The van der Waals surface area contributed by atoms with E-state index in [-0.39, 0.29) is 35.3 Å². The molecule has 6 nitrogen and oxygen atoms in total. The van der Waals surface area contributed by atoms with Gasteiger partial charge in [-0.15, -0.1) is 0 Å². The number of hydrogen-bond donors (Lipinski definition) is 0. The van der Waals surface area contributed by atoms with E-state index in [9.17, 15) is 14.4 Å². The minimum Gasteiger partial charge on any atom is -0.444 e. The Hall–Kier alpha value is -3.15. The Balaban J connectivity index is 1.48. The average molecular weight is 418 g/mol. The van der Waals surface area contributed by atoms with Crippen molar-refractivity contribution in [2.24, 2.45) is 11.3 Å². The summed E-state index contributed by atoms with van der Waals surface area (Å²) in [5.41, 5.74) is 0.982. The Morgan fingerprint density at radius 2 is 1.58 bits per heavy atom. The van der Waals surface area contributed by atoms with Crippen LogP contribution in [-0.2, 0) is 4.74 Å². The van der Waals surface area contributed by atoms with E-state index >= 15 is 0 Å². The van der Waals surface area contributed by atoms with E-state index in [1.54, 1.807) is 29.2 Å². The highest BCUT2D eigenvalue weighted by molar-refractivity contribution is 6.21. The van der Waals surface area contributed by atoms with Gasteiger partial charge < -0.3 is 9.64 Å². The molecule has 5 rings (SSSR count). The van der Waals surface area contributed by atoms with E-state index in [2.05, 4.69) is 0 Å². The number of rotatable bonds is 3. The second-order valence-electron chi connectivity index (χ2n) is 9.82. The first-order valence-electron chi connectivity index (χ1n) is 10.7. The molecule has 0 aromatic heterocycles. The third-order valence-electron chi connectivity index (χ3n) is 6.63. The van der Waals surface area contributed by atoms with Crippen LogP contribution in [0.25, 0.3) is 0 Å². The number of hydrogen-bond acceptors (Lipinski definition) is 4. The standard InChI is InChI=1S/C25H26N2O4/c1-24(2,3)31-23(30)26-14-17-13-25(17,20(26)16-9-5-4-6-10-16)15-27-21(28)18-11-7-8-12-19(18)22(27)29/h4-12,17,20H,13-15H2,1-3H3. The van der Waals surface area contributed by atoms with Crippen LogP contribution in [0.2, 0.25) is 0 Å². The maximum absolute atomic E-state index is 13.1. The molecule has 160 valence electrons. The molecule has 2 aromatic carbocycles. The Bertz CT molecular complexity index is 1040. The molecule has 1 aliphatic carbocycles. The monoisotopic (exact) mass is 418 g/mol. The molecule has 3 unspecified atom stereocenters. The zero-order valence-corrected chi connectivity index (χ0v) is 18.0. The third-order valence-corrected chi connectivity index (χ3v) is 6.63. The molecule has 6 heteroatoms. The number of likely N-dealkylation sites (tertiary alicyclic amines) is 1. The van der Waals surface area contributed by atoms with Gasteiger partial charge in [0.2, 0.25) is 0 Å². The summed E-state index contributed by atoms with van der Waals surface area (Å²) in [6.45, 7) is 6.44. The van der Waals surface area contributed by atoms with Crippen molar-refractivity contribution in [3.63, 3.8) is 0 Å². The molecule has 0 radical (unpaired) electrons. The summed E-state index contributed by atoms with van der Waals surface area (Å²) in [5.74, 6) is -0.263.